The van der Waals surface area contributed by atoms with Crippen LogP contribution in [0, 0.1) is 5.82 Å². The number of ether oxygens (including phenoxy) is 1. The van der Waals surface area contributed by atoms with E-state index in [-0.39, 0.29) is 33.6 Å². The molecule has 144 valence electrons. The lowest BCUT2D eigenvalue weighted by atomic mass is 9.98. The Hall–Kier alpha value is -2.51. The predicted molar refractivity (Wildman–Crippen MR) is 106 cm³/mol. The molecule has 1 aliphatic rings. The van der Waals surface area contributed by atoms with Crippen LogP contribution in [0.5, 0.6) is 0 Å². The van der Waals surface area contributed by atoms with Crippen LogP contribution < -0.4 is 5.43 Å². The van der Waals surface area contributed by atoms with Crippen molar-refractivity contribution in [2.45, 2.75) is 12.5 Å². The molecule has 3 aromatic rings. The molecule has 7 heteroatoms. The Balaban J connectivity index is 1.93. The van der Waals surface area contributed by atoms with Crippen molar-refractivity contribution in [3.63, 3.8) is 0 Å². The van der Waals surface area contributed by atoms with Crippen molar-refractivity contribution in [1.82, 2.24) is 4.90 Å². The average molecular weight is 446 g/mol. The summed E-state index contributed by atoms with van der Waals surface area (Å²) in [5.74, 6) is -0.856. The second-order valence-electron chi connectivity index (χ2n) is 6.62. The van der Waals surface area contributed by atoms with E-state index in [0.717, 1.165) is 16.1 Å². The maximum Gasteiger partial charge on any atom is 0.290 e. The Bertz CT molecular complexity index is 1130. The molecule has 0 fully saturated rings. The first-order valence-corrected chi connectivity index (χ1v) is 9.62. The van der Waals surface area contributed by atoms with Gasteiger partial charge in [-0.2, -0.15) is 0 Å². The van der Waals surface area contributed by atoms with Gasteiger partial charge in [0.15, 0.2) is 5.43 Å². The summed E-state index contributed by atoms with van der Waals surface area (Å²) in [5.41, 5.74) is 0.842. The number of nitrogens with zero attached hydrogens (tertiary/aromatic N) is 1. The van der Waals surface area contributed by atoms with E-state index in [1.807, 2.05) is 24.3 Å². The van der Waals surface area contributed by atoms with E-state index in [4.69, 9.17) is 9.15 Å². The highest BCUT2D eigenvalue weighted by molar-refractivity contribution is 9.10. The molecule has 0 bridgehead atoms. The SMILES string of the molecule is COCCCN1C(=O)c2oc3ccc(F)cc3c(=O)c2C1c1cccc(Br)c1. The molecule has 0 spiro atoms. The van der Waals surface area contributed by atoms with Crippen molar-refractivity contribution in [2.75, 3.05) is 20.3 Å². The quantitative estimate of drug-likeness (QED) is 0.550. The van der Waals surface area contributed by atoms with Crippen LogP contribution in [0.4, 0.5) is 4.39 Å². The van der Waals surface area contributed by atoms with E-state index >= 15 is 0 Å². The second-order valence-corrected chi connectivity index (χ2v) is 7.53. The Labute approximate surface area is 168 Å². The van der Waals surface area contributed by atoms with E-state index in [1.54, 1.807) is 12.0 Å². The number of hydrogen-bond donors (Lipinski definition) is 0. The van der Waals surface area contributed by atoms with Gasteiger partial charge in [0, 0.05) is 24.7 Å². The van der Waals surface area contributed by atoms with E-state index in [2.05, 4.69) is 15.9 Å². The van der Waals surface area contributed by atoms with Gasteiger partial charge in [0.1, 0.15) is 11.4 Å². The number of rotatable bonds is 5. The Morgan fingerprint density at radius 3 is 2.79 bits per heavy atom. The van der Waals surface area contributed by atoms with Crippen LogP contribution in [-0.4, -0.2) is 31.1 Å². The van der Waals surface area contributed by atoms with Crippen LogP contribution in [0.1, 0.15) is 34.1 Å². The molecule has 0 aliphatic carbocycles. The first-order chi connectivity index (χ1) is 13.5. The van der Waals surface area contributed by atoms with Gasteiger partial charge in [-0.15, -0.1) is 0 Å². The molecule has 1 atom stereocenters. The van der Waals surface area contributed by atoms with Crippen molar-refractivity contribution < 1.29 is 18.3 Å². The normalized spacial score (nSPS) is 16.0. The molecule has 1 amide bonds. The van der Waals surface area contributed by atoms with Gasteiger partial charge >= 0.3 is 0 Å². The Morgan fingerprint density at radius 2 is 2.04 bits per heavy atom. The number of halogens is 2. The second kappa shape index (κ2) is 7.48. The third-order valence-electron chi connectivity index (χ3n) is 4.84. The van der Waals surface area contributed by atoms with Gasteiger partial charge in [0.2, 0.25) is 5.76 Å². The monoisotopic (exact) mass is 445 g/mol. The highest BCUT2D eigenvalue weighted by Crippen LogP contribution is 2.38. The number of carbonyl (C=O) groups is 1. The third kappa shape index (κ3) is 3.14. The molecular formula is C21H17BrFNO4. The molecule has 5 nitrogen and oxygen atoms in total. The van der Waals surface area contributed by atoms with Crippen LogP contribution in [0.25, 0.3) is 11.0 Å². The molecule has 0 N–H and O–H groups in total. The molecule has 1 unspecified atom stereocenters. The number of amides is 1. The summed E-state index contributed by atoms with van der Waals surface area (Å²) in [5, 5.41) is 0.130. The fourth-order valence-electron chi connectivity index (χ4n) is 3.63. The maximum absolute atomic E-state index is 13.7. The van der Waals surface area contributed by atoms with Gasteiger partial charge in [-0.25, -0.2) is 4.39 Å². The summed E-state index contributed by atoms with van der Waals surface area (Å²) in [4.78, 5) is 27.9. The smallest absolute Gasteiger partial charge is 0.290 e. The molecule has 2 aromatic carbocycles. The minimum atomic E-state index is -0.597. The van der Waals surface area contributed by atoms with Crippen LogP contribution in [0.15, 0.2) is 56.1 Å². The lowest BCUT2D eigenvalue weighted by molar-refractivity contribution is 0.0708. The van der Waals surface area contributed by atoms with Crippen LogP contribution in [0.2, 0.25) is 0 Å². The number of methoxy groups -OCH3 is 1. The zero-order chi connectivity index (χ0) is 19.8. The van der Waals surface area contributed by atoms with Crippen molar-refractivity contribution >= 4 is 32.8 Å². The highest BCUT2D eigenvalue weighted by atomic mass is 79.9. The van der Waals surface area contributed by atoms with Crippen molar-refractivity contribution in [1.29, 1.82) is 0 Å². The number of hydrogen-bond acceptors (Lipinski definition) is 4. The summed E-state index contributed by atoms with van der Waals surface area (Å²) in [7, 11) is 1.60. The lowest BCUT2D eigenvalue weighted by Gasteiger charge is -2.25. The fourth-order valence-corrected chi connectivity index (χ4v) is 4.04. The summed E-state index contributed by atoms with van der Waals surface area (Å²) in [6, 6.07) is 10.6. The first-order valence-electron chi connectivity index (χ1n) is 8.83. The molecule has 0 radical (unpaired) electrons. The predicted octanol–water partition coefficient (Wildman–Crippen LogP) is 4.28. The molecule has 4 rings (SSSR count). The molecule has 28 heavy (non-hydrogen) atoms. The number of carbonyl (C=O) groups excluding carboxylic acids is 1. The standard InChI is InChI=1S/C21H17BrFNO4/c1-27-9-3-8-24-18(12-4-2-5-13(22)10-12)17-19(25)15-11-14(23)6-7-16(15)28-20(17)21(24)26/h2,4-7,10-11,18H,3,8-9H2,1H3. The first kappa shape index (κ1) is 18.8. The van der Waals surface area contributed by atoms with Gasteiger partial charge in [-0.1, -0.05) is 28.1 Å². The van der Waals surface area contributed by atoms with E-state index < -0.39 is 11.9 Å². The maximum atomic E-state index is 13.7. The molecule has 1 aliphatic heterocycles. The minimum Gasteiger partial charge on any atom is -0.450 e. The molecule has 2 heterocycles. The van der Waals surface area contributed by atoms with Gasteiger partial charge in [-0.05, 0) is 42.3 Å². The van der Waals surface area contributed by atoms with Crippen LogP contribution in [-0.2, 0) is 4.74 Å². The average Bonchev–Trinajstić information content (AvgIpc) is 2.95. The fraction of sp³-hybridized carbons (Fsp3) is 0.238. The molecular weight excluding hydrogens is 429 g/mol. The Kier molecular flexibility index (Phi) is 5.03. The topological polar surface area (TPSA) is 59.8 Å². The van der Waals surface area contributed by atoms with Gasteiger partial charge in [-0.3, -0.25) is 9.59 Å². The van der Waals surface area contributed by atoms with Gasteiger partial charge < -0.3 is 14.1 Å². The summed E-state index contributed by atoms with van der Waals surface area (Å²) in [6.45, 7) is 0.887. The number of benzene rings is 2. The molecule has 0 saturated heterocycles. The largest absolute Gasteiger partial charge is 0.450 e. The van der Waals surface area contributed by atoms with E-state index in [9.17, 15) is 14.0 Å². The van der Waals surface area contributed by atoms with E-state index in [1.165, 1.54) is 12.1 Å². The highest BCUT2D eigenvalue weighted by Gasteiger charge is 2.42. The lowest BCUT2D eigenvalue weighted by Crippen LogP contribution is -2.31. The van der Waals surface area contributed by atoms with Crippen molar-refractivity contribution in [2.24, 2.45) is 0 Å². The van der Waals surface area contributed by atoms with Crippen molar-refractivity contribution in [3.05, 3.63) is 79.9 Å². The van der Waals surface area contributed by atoms with Crippen LogP contribution >= 0.6 is 15.9 Å². The van der Waals surface area contributed by atoms with Gasteiger partial charge in [0.25, 0.3) is 5.91 Å². The zero-order valence-corrected chi connectivity index (χ0v) is 16.7. The third-order valence-corrected chi connectivity index (χ3v) is 5.33. The summed E-state index contributed by atoms with van der Waals surface area (Å²) < 4.78 is 25.4. The van der Waals surface area contributed by atoms with Crippen LogP contribution in [0.3, 0.4) is 0 Å². The molecule has 1 aromatic heterocycles. The summed E-state index contributed by atoms with van der Waals surface area (Å²) >= 11 is 3.44. The van der Waals surface area contributed by atoms with E-state index in [0.29, 0.717) is 19.6 Å². The molecule has 0 saturated carbocycles. The van der Waals surface area contributed by atoms with Gasteiger partial charge in [0.05, 0.1) is 17.0 Å². The zero-order valence-electron chi connectivity index (χ0n) is 15.1. The van der Waals surface area contributed by atoms with Crippen molar-refractivity contribution in [3.8, 4) is 0 Å². The minimum absolute atomic E-state index is 0.0199. The Morgan fingerprint density at radius 1 is 1.21 bits per heavy atom. The number of fused-ring (bicyclic) bond motifs is 2. The summed E-state index contributed by atoms with van der Waals surface area (Å²) in [6.07, 6.45) is 0.614.